The minimum atomic E-state index is 0.363. The third-order valence-corrected chi connectivity index (χ3v) is 2.62. The molecule has 2 heteroatoms. The van der Waals surface area contributed by atoms with Gasteiger partial charge < -0.3 is 10.1 Å². The maximum atomic E-state index is 5.86. The molecule has 0 spiro atoms. The normalized spacial score (nSPS) is 21.1. The van der Waals surface area contributed by atoms with Crippen molar-refractivity contribution >= 4 is 0 Å². The molecule has 0 bridgehead atoms. The van der Waals surface area contributed by atoms with Gasteiger partial charge in [0, 0.05) is 6.54 Å². The van der Waals surface area contributed by atoms with Crippen LogP contribution in [-0.2, 0) is 6.42 Å². The first kappa shape index (κ1) is 9.53. The van der Waals surface area contributed by atoms with Gasteiger partial charge in [0.05, 0.1) is 0 Å². The van der Waals surface area contributed by atoms with E-state index in [9.17, 15) is 0 Å². The molecule has 1 N–H and O–H groups in total. The quantitative estimate of drug-likeness (QED) is 0.789. The van der Waals surface area contributed by atoms with Crippen molar-refractivity contribution in [1.29, 1.82) is 0 Å². The van der Waals surface area contributed by atoms with E-state index in [1.165, 1.54) is 5.56 Å². The summed E-state index contributed by atoms with van der Waals surface area (Å²) in [6.07, 6.45) is 2.55. The zero-order valence-corrected chi connectivity index (χ0v) is 8.62. The number of nitrogens with one attached hydrogen (secondary N) is 1. The Hall–Kier alpha value is -1.02. The Morgan fingerprint density at radius 1 is 1.50 bits per heavy atom. The molecular formula is C12H17NO. The van der Waals surface area contributed by atoms with Crippen LogP contribution < -0.4 is 10.1 Å². The van der Waals surface area contributed by atoms with Crippen molar-refractivity contribution in [3.05, 3.63) is 29.8 Å². The highest BCUT2D eigenvalue weighted by Gasteiger charge is 2.15. The monoisotopic (exact) mass is 191 g/mol. The van der Waals surface area contributed by atoms with Gasteiger partial charge in [0.25, 0.3) is 0 Å². The molecule has 1 aromatic carbocycles. The number of hydrogen-bond acceptors (Lipinski definition) is 2. The lowest BCUT2D eigenvalue weighted by Crippen LogP contribution is -2.19. The summed E-state index contributed by atoms with van der Waals surface area (Å²) in [5, 5.41) is 3.30. The van der Waals surface area contributed by atoms with Crippen LogP contribution in [0.1, 0.15) is 18.9 Å². The standard InChI is InChI=1S/C12H17NO/c1-2-10-4-3-5-11(8-10)14-12-6-7-13-9-12/h3-5,8,12-13H,2,6-7,9H2,1H3/t12-/m1/s1. The van der Waals surface area contributed by atoms with Crippen molar-refractivity contribution in [3.8, 4) is 5.75 Å². The lowest BCUT2D eigenvalue weighted by atomic mass is 10.1. The van der Waals surface area contributed by atoms with Crippen LogP contribution >= 0.6 is 0 Å². The topological polar surface area (TPSA) is 21.3 Å². The van der Waals surface area contributed by atoms with E-state index >= 15 is 0 Å². The summed E-state index contributed by atoms with van der Waals surface area (Å²) in [5.41, 5.74) is 1.34. The molecule has 2 nitrogen and oxygen atoms in total. The number of rotatable bonds is 3. The summed E-state index contributed by atoms with van der Waals surface area (Å²) in [6, 6.07) is 8.38. The van der Waals surface area contributed by atoms with Crippen LogP contribution in [0.3, 0.4) is 0 Å². The molecule has 0 unspecified atom stereocenters. The first-order valence-corrected chi connectivity index (χ1v) is 5.35. The predicted octanol–water partition coefficient (Wildman–Crippen LogP) is 1.99. The van der Waals surface area contributed by atoms with Gasteiger partial charge >= 0.3 is 0 Å². The molecule has 0 aliphatic carbocycles. The molecule has 0 saturated carbocycles. The molecule has 1 fully saturated rings. The Labute approximate surface area is 85.3 Å². The van der Waals surface area contributed by atoms with E-state index in [-0.39, 0.29) is 0 Å². The van der Waals surface area contributed by atoms with Crippen molar-refractivity contribution in [3.63, 3.8) is 0 Å². The number of hydrogen-bond donors (Lipinski definition) is 1. The Bertz CT molecular complexity index is 292. The predicted molar refractivity (Wildman–Crippen MR) is 57.7 cm³/mol. The van der Waals surface area contributed by atoms with Gasteiger partial charge in [0.15, 0.2) is 0 Å². The minimum absolute atomic E-state index is 0.363. The van der Waals surface area contributed by atoms with E-state index < -0.39 is 0 Å². The van der Waals surface area contributed by atoms with Gasteiger partial charge in [-0.15, -0.1) is 0 Å². The molecule has 1 aliphatic heterocycles. The third kappa shape index (κ3) is 2.26. The maximum absolute atomic E-state index is 5.86. The second-order valence-electron chi connectivity index (χ2n) is 3.73. The molecule has 1 aliphatic rings. The number of aryl methyl sites for hydroxylation is 1. The SMILES string of the molecule is CCc1cccc(O[C@@H]2CCNC2)c1. The van der Waals surface area contributed by atoms with Gasteiger partial charge in [-0.05, 0) is 37.1 Å². The van der Waals surface area contributed by atoms with Gasteiger partial charge in [-0.25, -0.2) is 0 Å². The Morgan fingerprint density at radius 3 is 3.14 bits per heavy atom. The van der Waals surface area contributed by atoms with Crippen LogP contribution in [0.2, 0.25) is 0 Å². The van der Waals surface area contributed by atoms with Crippen LogP contribution in [0.5, 0.6) is 5.75 Å². The first-order valence-electron chi connectivity index (χ1n) is 5.35. The van der Waals surface area contributed by atoms with E-state index in [1.54, 1.807) is 0 Å². The van der Waals surface area contributed by atoms with Gasteiger partial charge in [-0.1, -0.05) is 19.1 Å². The summed E-state index contributed by atoms with van der Waals surface area (Å²) in [4.78, 5) is 0. The number of benzene rings is 1. The largest absolute Gasteiger partial charge is 0.489 e. The van der Waals surface area contributed by atoms with Gasteiger partial charge in [-0.3, -0.25) is 0 Å². The summed E-state index contributed by atoms with van der Waals surface area (Å²) in [6.45, 7) is 4.23. The molecule has 1 aromatic rings. The van der Waals surface area contributed by atoms with E-state index in [2.05, 4.69) is 30.4 Å². The van der Waals surface area contributed by atoms with E-state index in [0.29, 0.717) is 6.10 Å². The van der Waals surface area contributed by atoms with E-state index in [1.807, 2.05) is 6.07 Å². The molecule has 0 amide bonds. The fraction of sp³-hybridized carbons (Fsp3) is 0.500. The van der Waals surface area contributed by atoms with Gasteiger partial charge in [0.2, 0.25) is 0 Å². The highest BCUT2D eigenvalue weighted by molar-refractivity contribution is 5.28. The van der Waals surface area contributed by atoms with Gasteiger partial charge in [-0.2, -0.15) is 0 Å². The molecule has 1 heterocycles. The zero-order chi connectivity index (χ0) is 9.80. The molecule has 2 rings (SSSR count). The smallest absolute Gasteiger partial charge is 0.120 e. The fourth-order valence-corrected chi connectivity index (χ4v) is 1.76. The highest BCUT2D eigenvalue weighted by Crippen LogP contribution is 2.17. The Morgan fingerprint density at radius 2 is 2.43 bits per heavy atom. The van der Waals surface area contributed by atoms with E-state index in [4.69, 9.17) is 4.74 Å². The summed E-state index contributed by atoms with van der Waals surface area (Å²) in [7, 11) is 0. The van der Waals surface area contributed by atoms with Crippen LogP contribution in [0.15, 0.2) is 24.3 Å². The van der Waals surface area contributed by atoms with E-state index in [0.717, 1.165) is 31.7 Å². The number of ether oxygens (including phenoxy) is 1. The van der Waals surface area contributed by atoms with Crippen molar-refractivity contribution < 1.29 is 4.74 Å². The Kier molecular flexibility index (Phi) is 3.04. The second kappa shape index (κ2) is 4.47. The molecule has 0 aromatic heterocycles. The Balaban J connectivity index is 2.00. The van der Waals surface area contributed by atoms with Crippen LogP contribution in [0.25, 0.3) is 0 Å². The van der Waals surface area contributed by atoms with Crippen molar-refractivity contribution in [2.24, 2.45) is 0 Å². The summed E-state index contributed by atoms with van der Waals surface area (Å²) < 4.78 is 5.86. The molecule has 1 saturated heterocycles. The molecule has 1 atom stereocenters. The van der Waals surface area contributed by atoms with Crippen molar-refractivity contribution in [1.82, 2.24) is 5.32 Å². The van der Waals surface area contributed by atoms with Crippen molar-refractivity contribution in [2.45, 2.75) is 25.9 Å². The lowest BCUT2D eigenvalue weighted by molar-refractivity contribution is 0.223. The molecule has 0 radical (unpaired) electrons. The average molecular weight is 191 g/mol. The van der Waals surface area contributed by atoms with Crippen LogP contribution in [-0.4, -0.2) is 19.2 Å². The van der Waals surface area contributed by atoms with Gasteiger partial charge in [0.1, 0.15) is 11.9 Å². The van der Waals surface area contributed by atoms with Crippen LogP contribution in [0.4, 0.5) is 0 Å². The highest BCUT2D eigenvalue weighted by atomic mass is 16.5. The zero-order valence-electron chi connectivity index (χ0n) is 8.62. The molecular weight excluding hydrogens is 174 g/mol. The fourth-order valence-electron chi connectivity index (χ4n) is 1.76. The van der Waals surface area contributed by atoms with Crippen LogP contribution in [0, 0.1) is 0 Å². The first-order chi connectivity index (χ1) is 6.88. The second-order valence-corrected chi connectivity index (χ2v) is 3.73. The summed E-state index contributed by atoms with van der Waals surface area (Å²) >= 11 is 0. The summed E-state index contributed by atoms with van der Waals surface area (Å²) in [5.74, 6) is 1.01. The molecule has 76 valence electrons. The average Bonchev–Trinajstić information content (AvgIpc) is 2.71. The maximum Gasteiger partial charge on any atom is 0.120 e. The third-order valence-electron chi connectivity index (χ3n) is 2.62. The minimum Gasteiger partial charge on any atom is -0.489 e. The van der Waals surface area contributed by atoms with Crippen molar-refractivity contribution in [2.75, 3.05) is 13.1 Å². The molecule has 14 heavy (non-hydrogen) atoms. The lowest BCUT2D eigenvalue weighted by Gasteiger charge is -2.12.